The molecule has 1 aromatic rings. The summed E-state index contributed by atoms with van der Waals surface area (Å²) in [6.07, 6.45) is 4.97. The Labute approximate surface area is 110 Å². The standard InChI is InChI=1S/C14H15F2NO2/c15-11-6-5-10(9-12(11)16)3-1-7-17-8-2-4-13(17)14(18)19/h1,3,5-6,9,13H,2,4,7-8H2,(H,18,19)/b3-1+/t13-/m0/s1. The summed E-state index contributed by atoms with van der Waals surface area (Å²) in [6.45, 7) is 1.25. The van der Waals surface area contributed by atoms with Gasteiger partial charge in [0, 0.05) is 6.54 Å². The summed E-state index contributed by atoms with van der Waals surface area (Å²) < 4.78 is 25.7. The van der Waals surface area contributed by atoms with Crippen molar-refractivity contribution in [3.05, 3.63) is 41.5 Å². The zero-order chi connectivity index (χ0) is 13.8. The van der Waals surface area contributed by atoms with Crippen LogP contribution in [-0.2, 0) is 4.79 Å². The number of hydrogen-bond donors (Lipinski definition) is 1. The van der Waals surface area contributed by atoms with E-state index < -0.39 is 23.6 Å². The quantitative estimate of drug-likeness (QED) is 0.911. The van der Waals surface area contributed by atoms with E-state index in [0.717, 1.165) is 25.1 Å². The van der Waals surface area contributed by atoms with E-state index in [0.29, 0.717) is 18.5 Å². The fraction of sp³-hybridized carbons (Fsp3) is 0.357. The molecule has 0 bridgehead atoms. The molecule has 0 aromatic heterocycles. The van der Waals surface area contributed by atoms with Crippen molar-refractivity contribution in [1.29, 1.82) is 0 Å². The second-order valence-electron chi connectivity index (χ2n) is 4.57. The Morgan fingerprint density at radius 3 is 2.89 bits per heavy atom. The molecule has 2 rings (SSSR count). The van der Waals surface area contributed by atoms with Crippen molar-refractivity contribution in [2.75, 3.05) is 13.1 Å². The molecule has 1 aliphatic rings. The van der Waals surface area contributed by atoms with Gasteiger partial charge >= 0.3 is 5.97 Å². The second kappa shape index (κ2) is 5.93. The van der Waals surface area contributed by atoms with E-state index in [9.17, 15) is 13.6 Å². The molecule has 1 aliphatic heterocycles. The number of carboxylic acid groups (broad SMARTS) is 1. The van der Waals surface area contributed by atoms with Crippen LogP contribution in [-0.4, -0.2) is 35.1 Å². The number of hydrogen-bond acceptors (Lipinski definition) is 2. The molecule has 0 unspecified atom stereocenters. The van der Waals surface area contributed by atoms with Gasteiger partial charge in [-0.3, -0.25) is 9.69 Å². The zero-order valence-electron chi connectivity index (χ0n) is 10.4. The number of carboxylic acids is 1. The van der Waals surface area contributed by atoms with Crippen LogP contribution in [0.3, 0.4) is 0 Å². The Bertz CT molecular complexity index is 502. The minimum Gasteiger partial charge on any atom is -0.480 e. The van der Waals surface area contributed by atoms with Crippen LogP contribution in [0.25, 0.3) is 6.08 Å². The highest BCUT2D eigenvalue weighted by molar-refractivity contribution is 5.73. The minimum atomic E-state index is -0.883. The highest BCUT2D eigenvalue weighted by Crippen LogP contribution is 2.17. The van der Waals surface area contributed by atoms with Gasteiger partial charge in [-0.1, -0.05) is 18.2 Å². The Balaban J connectivity index is 1.96. The molecule has 0 radical (unpaired) electrons. The third kappa shape index (κ3) is 3.38. The first-order chi connectivity index (χ1) is 9.08. The van der Waals surface area contributed by atoms with Crippen LogP contribution in [0.2, 0.25) is 0 Å². The summed E-state index contributed by atoms with van der Waals surface area (Å²) in [6, 6.07) is 3.23. The largest absolute Gasteiger partial charge is 0.480 e. The lowest BCUT2D eigenvalue weighted by atomic mass is 10.2. The van der Waals surface area contributed by atoms with Crippen molar-refractivity contribution in [2.24, 2.45) is 0 Å². The maximum Gasteiger partial charge on any atom is 0.320 e. The molecular formula is C14H15F2NO2. The van der Waals surface area contributed by atoms with Gasteiger partial charge in [0.25, 0.3) is 0 Å². The summed E-state index contributed by atoms with van der Waals surface area (Å²) in [5, 5.41) is 9.01. The van der Waals surface area contributed by atoms with Crippen molar-refractivity contribution >= 4 is 12.0 Å². The third-order valence-corrected chi connectivity index (χ3v) is 3.24. The monoisotopic (exact) mass is 267 g/mol. The van der Waals surface area contributed by atoms with E-state index in [1.165, 1.54) is 6.07 Å². The van der Waals surface area contributed by atoms with Crippen LogP contribution in [0.1, 0.15) is 18.4 Å². The first-order valence-corrected chi connectivity index (χ1v) is 6.16. The van der Waals surface area contributed by atoms with E-state index >= 15 is 0 Å². The van der Waals surface area contributed by atoms with E-state index in [1.54, 1.807) is 12.2 Å². The Morgan fingerprint density at radius 2 is 2.21 bits per heavy atom. The van der Waals surface area contributed by atoms with Gasteiger partial charge in [0.05, 0.1) is 0 Å². The summed E-state index contributed by atoms with van der Waals surface area (Å²) >= 11 is 0. The predicted molar refractivity (Wildman–Crippen MR) is 67.6 cm³/mol. The van der Waals surface area contributed by atoms with Crippen LogP contribution in [0.15, 0.2) is 24.3 Å². The van der Waals surface area contributed by atoms with Gasteiger partial charge in [0.1, 0.15) is 6.04 Å². The molecule has 0 aliphatic carbocycles. The molecule has 0 amide bonds. The maximum atomic E-state index is 13.0. The van der Waals surface area contributed by atoms with Crippen LogP contribution in [0, 0.1) is 11.6 Å². The Kier molecular flexibility index (Phi) is 4.27. The fourth-order valence-corrected chi connectivity index (χ4v) is 2.26. The number of halogens is 2. The summed E-state index contributed by atoms with van der Waals surface area (Å²) in [7, 11) is 0. The van der Waals surface area contributed by atoms with E-state index in [2.05, 4.69) is 0 Å². The molecule has 1 N–H and O–H groups in total. The van der Waals surface area contributed by atoms with Crippen LogP contribution >= 0.6 is 0 Å². The molecule has 0 spiro atoms. The maximum absolute atomic E-state index is 13.0. The molecule has 5 heteroatoms. The Hall–Kier alpha value is -1.75. The molecule has 102 valence electrons. The molecule has 3 nitrogen and oxygen atoms in total. The van der Waals surface area contributed by atoms with Gasteiger partial charge in [0.15, 0.2) is 11.6 Å². The van der Waals surface area contributed by atoms with Crippen molar-refractivity contribution in [3.8, 4) is 0 Å². The van der Waals surface area contributed by atoms with Crippen LogP contribution in [0.4, 0.5) is 8.78 Å². The number of rotatable bonds is 4. The van der Waals surface area contributed by atoms with Crippen molar-refractivity contribution in [1.82, 2.24) is 4.90 Å². The average molecular weight is 267 g/mol. The van der Waals surface area contributed by atoms with Gasteiger partial charge in [-0.05, 0) is 37.1 Å². The summed E-state index contributed by atoms with van der Waals surface area (Å²) in [5.41, 5.74) is 0.560. The number of benzene rings is 1. The molecule has 1 heterocycles. The van der Waals surface area contributed by atoms with Gasteiger partial charge in [-0.2, -0.15) is 0 Å². The molecular weight excluding hydrogens is 252 g/mol. The third-order valence-electron chi connectivity index (χ3n) is 3.24. The average Bonchev–Trinajstić information content (AvgIpc) is 2.82. The van der Waals surface area contributed by atoms with Crippen molar-refractivity contribution in [2.45, 2.75) is 18.9 Å². The second-order valence-corrected chi connectivity index (χ2v) is 4.57. The minimum absolute atomic E-state index is 0.436. The lowest BCUT2D eigenvalue weighted by Crippen LogP contribution is -2.35. The lowest BCUT2D eigenvalue weighted by Gasteiger charge is -2.18. The number of nitrogens with zero attached hydrogens (tertiary/aromatic N) is 1. The predicted octanol–water partition coefficient (Wildman–Crippen LogP) is 2.53. The van der Waals surface area contributed by atoms with E-state index in [-0.39, 0.29) is 0 Å². The van der Waals surface area contributed by atoms with Gasteiger partial charge in [-0.15, -0.1) is 0 Å². The summed E-state index contributed by atoms with van der Waals surface area (Å²) in [4.78, 5) is 12.8. The van der Waals surface area contributed by atoms with E-state index in [4.69, 9.17) is 5.11 Å². The number of aliphatic carboxylic acids is 1. The molecule has 1 saturated heterocycles. The summed E-state index contributed by atoms with van der Waals surface area (Å²) in [5.74, 6) is -2.56. The fourth-order valence-electron chi connectivity index (χ4n) is 2.26. The van der Waals surface area contributed by atoms with Gasteiger partial charge < -0.3 is 5.11 Å². The molecule has 0 saturated carbocycles. The molecule has 1 aromatic carbocycles. The molecule has 1 atom stereocenters. The first-order valence-electron chi connectivity index (χ1n) is 6.16. The highest BCUT2D eigenvalue weighted by Gasteiger charge is 2.29. The topological polar surface area (TPSA) is 40.5 Å². The van der Waals surface area contributed by atoms with Crippen molar-refractivity contribution in [3.63, 3.8) is 0 Å². The van der Waals surface area contributed by atoms with Gasteiger partial charge in [-0.25, -0.2) is 8.78 Å². The SMILES string of the molecule is O=C(O)[C@@H]1CCCN1C/C=C/c1ccc(F)c(F)c1. The first kappa shape index (κ1) is 13.7. The van der Waals surface area contributed by atoms with Crippen molar-refractivity contribution < 1.29 is 18.7 Å². The number of carbonyl (C=O) groups is 1. The Morgan fingerprint density at radius 1 is 1.42 bits per heavy atom. The highest BCUT2D eigenvalue weighted by atomic mass is 19.2. The van der Waals surface area contributed by atoms with Crippen LogP contribution in [0.5, 0.6) is 0 Å². The zero-order valence-corrected chi connectivity index (χ0v) is 10.4. The normalized spacial score (nSPS) is 20.2. The van der Waals surface area contributed by atoms with Gasteiger partial charge in [0.2, 0.25) is 0 Å². The smallest absolute Gasteiger partial charge is 0.320 e. The van der Waals surface area contributed by atoms with Crippen LogP contribution < -0.4 is 0 Å². The van der Waals surface area contributed by atoms with E-state index in [1.807, 2.05) is 4.90 Å². The number of likely N-dealkylation sites (tertiary alicyclic amines) is 1. The molecule has 1 fully saturated rings. The molecule has 19 heavy (non-hydrogen) atoms. The lowest BCUT2D eigenvalue weighted by molar-refractivity contribution is -0.141.